The van der Waals surface area contributed by atoms with Gasteiger partial charge in [-0.25, -0.2) is 4.79 Å². The van der Waals surface area contributed by atoms with Crippen molar-refractivity contribution in [2.24, 2.45) is 16.7 Å². The number of hydrogen-bond donors (Lipinski definition) is 0. The van der Waals surface area contributed by atoms with Gasteiger partial charge < -0.3 is 9.64 Å². The van der Waals surface area contributed by atoms with Crippen molar-refractivity contribution >= 4 is 11.7 Å². The van der Waals surface area contributed by atoms with Gasteiger partial charge in [0.05, 0.1) is 12.7 Å². The maximum absolute atomic E-state index is 12.3. The van der Waals surface area contributed by atoms with Crippen LogP contribution in [0.3, 0.4) is 0 Å². The summed E-state index contributed by atoms with van der Waals surface area (Å²) in [4.78, 5) is 17.5. The Kier molecular flexibility index (Phi) is 5.91. The van der Waals surface area contributed by atoms with Gasteiger partial charge in [-0.3, -0.25) is 4.90 Å². The van der Waals surface area contributed by atoms with Crippen molar-refractivity contribution in [1.29, 1.82) is 0 Å². The third-order valence-electron chi connectivity index (χ3n) is 7.37. The van der Waals surface area contributed by atoms with E-state index in [1.807, 2.05) is 6.07 Å². The van der Waals surface area contributed by atoms with Gasteiger partial charge in [-0.15, -0.1) is 0 Å². The molecule has 2 saturated carbocycles. The molecular formula is C26H40N2O2. The molecule has 3 fully saturated rings. The second kappa shape index (κ2) is 8.18. The molecule has 1 heterocycles. The summed E-state index contributed by atoms with van der Waals surface area (Å²) in [6.45, 7) is 15.4. The number of nitrogens with zero attached hydrogens (tertiary/aromatic N) is 2. The molecule has 0 atom stereocenters. The number of methoxy groups -OCH3 is 1. The van der Waals surface area contributed by atoms with Gasteiger partial charge in [0.15, 0.2) is 0 Å². The fraction of sp³-hybridized carbons (Fsp3) is 0.731. The molecule has 0 bridgehead atoms. The molecule has 0 aromatic heterocycles. The minimum Gasteiger partial charge on any atom is -0.465 e. The average Bonchev–Trinajstić information content (AvgIpc) is 3.49. The standard InChI is InChI=1S/C26H40N2O2/c1-25(2)15-21(16-26(3,4)18-25)22-14-20(24(29)30-5)8-9-23(22)28-12-10-27(11-13-28)17-19-6-7-19/h8-9,14,19,21H,6-7,10-13,15-18H2,1-5H3. The number of rotatable bonds is 5. The normalized spacial score (nSPS) is 24.6. The zero-order valence-corrected chi connectivity index (χ0v) is 19.7. The minimum absolute atomic E-state index is 0.230. The molecule has 4 heteroatoms. The summed E-state index contributed by atoms with van der Waals surface area (Å²) in [5.41, 5.74) is 4.01. The summed E-state index contributed by atoms with van der Waals surface area (Å²) in [5, 5.41) is 0. The van der Waals surface area contributed by atoms with Crippen LogP contribution in [-0.4, -0.2) is 50.7 Å². The monoisotopic (exact) mass is 412 g/mol. The highest BCUT2D eigenvalue weighted by molar-refractivity contribution is 5.90. The molecule has 1 aromatic rings. The Bertz CT molecular complexity index is 757. The van der Waals surface area contributed by atoms with Gasteiger partial charge in [-0.2, -0.15) is 0 Å². The molecule has 4 nitrogen and oxygen atoms in total. The van der Waals surface area contributed by atoms with Gasteiger partial charge in [0.1, 0.15) is 0 Å². The first-order valence-electron chi connectivity index (χ1n) is 11.9. The third-order valence-corrected chi connectivity index (χ3v) is 7.37. The fourth-order valence-corrected chi connectivity index (χ4v) is 6.32. The number of piperazine rings is 1. The van der Waals surface area contributed by atoms with E-state index in [0.29, 0.717) is 22.3 Å². The summed E-state index contributed by atoms with van der Waals surface area (Å²) in [5.74, 6) is 1.21. The Hall–Kier alpha value is -1.55. The number of benzene rings is 1. The quantitative estimate of drug-likeness (QED) is 0.612. The largest absolute Gasteiger partial charge is 0.465 e. The van der Waals surface area contributed by atoms with Crippen molar-refractivity contribution in [2.45, 2.75) is 65.7 Å². The van der Waals surface area contributed by atoms with Gasteiger partial charge in [0.2, 0.25) is 0 Å². The lowest BCUT2D eigenvalue weighted by molar-refractivity contribution is 0.0600. The highest BCUT2D eigenvalue weighted by Gasteiger charge is 2.40. The number of carbonyl (C=O) groups excluding carboxylic acids is 1. The highest BCUT2D eigenvalue weighted by Crippen LogP contribution is 2.53. The van der Waals surface area contributed by atoms with Crippen LogP contribution >= 0.6 is 0 Å². The van der Waals surface area contributed by atoms with Crippen LogP contribution in [-0.2, 0) is 4.74 Å². The minimum atomic E-state index is -0.230. The van der Waals surface area contributed by atoms with Crippen LogP contribution in [0.15, 0.2) is 18.2 Å². The van der Waals surface area contributed by atoms with Crippen molar-refractivity contribution in [2.75, 3.05) is 44.7 Å². The molecule has 1 aliphatic heterocycles. The molecule has 1 aromatic carbocycles. The maximum Gasteiger partial charge on any atom is 0.337 e. The number of hydrogen-bond acceptors (Lipinski definition) is 4. The van der Waals surface area contributed by atoms with E-state index in [1.54, 1.807) is 0 Å². The lowest BCUT2D eigenvalue weighted by atomic mass is 9.60. The molecule has 0 amide bonds. The maximum atomic E-state index is 12.3. The van der Waals surface area contributed by atoms with Gasteiger partial charge >= 0.3 is 5.97 Å². The first-order chi connectivity index (χ1) is 14.2. The van der Waals surface area contributed by atoms with Crippen LogP contribution in [0.25, 0.3) is 0 Å². The van der Waals surface area contributed by atoms with E-state index < -0.39 is 0 Å². The van der Waals surface area contributed by atoms with Crippen LogP contribution in [0.1, 0.15) is 81.6 Å². The van der Waals surface area contributed by atoms with Gasteiger partial charge in [0, 0.05) is 38.4 Å². The van der Waals surface area contributed by atoms with Crippen LogP contribution in [0.4, 0.5) is 5.69 Å². The van der Waals surface area contributed by atoms with Crippen LogP contribution in [0.5, 0.6) is 0 Å². The number of esters is 1. The Morgan fingerprint density at radius 3 is 2.23 bits per heavy atom. The van der Waals surface area contributed by atoms with E-state index in [4.69, 9.17) is 4.74 Å². The van der Waals surface area contributed by atoms with Crippen molar-refractivity contribution in [3.05, 3.63) is 29.3 Å². The molecule has 0 N–H and O–H groups in total. The SMILES string of the molecule is COC(=O)c1ccc(N2CCN(CC3CC3)CC2)c(C2CC(C)(C)CC(C)(C)C2)c1. The number of ether oxygens (including phenoxy) is 1. The second-order valence-electron chi connectivity index (χ2n) is 11.6. The van der Waals surface area contributed by atoms with Gasteiger partial charge in [-0.1, -0.05) is 27.7 Å². The van der Waals surface area contributed by atoms with E-state index in [1.165, 1.54) is 57.0 Å². The van der Waals surface area contributed by atoms with Crippen molar-refractivity contribution in [1.82, 2.24) is 4.90 Å². The summed E-state index contributed by atoms with van der Waals surface area (Å²) in [6.07, 6.45) is 6.45. The van der Waals surface area contributed by atoms with Crippen molar-refractivity contribution in [3.8, 4) is 0 Å². The molecule has 1 saturated heterocycles. The van der Waals surface area contributed by atoms with Crippen molar-refractivity contribution in [3.63, 3.8) is 0 Å². The lowest BCUT2D eigenvalue weighted by Gasteiger charge is -2.46. The smallest absolute Gasteiger partial charge is 0.337 e. The molecule has 0 unspecified atom stereocenters. The Balaban J connectivity index is 1.60. The third kappa shape index (κ3) is 5.01. The van der Waals surface area contributed by atoms with E-state index in [2.05, 4.69) is 49.6 Å². The van der Waals surface area contributed by atoms with Crippen LogP contribution in [0, 0.1) is 16.7 Å². The lowest BCUT2D eigenvalue weighted by Crippen LogP contribution is -2.47. The molecule has 4 rings (SSSR count). The fourth-order valence-electron chi connectivity index (χ4n) is 6.32. The molecular weight excluding hydrogens is 372 g/mol. The highest BCUT2D eigenvalue weighted by atomic mass is 16.5. The molecule has 166 valence electrons. The first-order valence-corrected chi connectivity index (χ1v) is 11.9. The summed E-state index contributed by atoms with van der Waals surface area (Å²) in [7, 11) is 1.47. The van der Waals surface area contributed by atoms with E-state index in [0.717, 1.165) is 32.1 Å². The van der Waals surface area contributed by atoms with E-state index in [-0.39, 0.29) is 5.97 Å². The Labute approximate surface area is 183 Å². The predicted molar refractivity (Wildman–Crippen MR) is 123 cm³/mol. The van der Waals surface area contributed by atoms with E-state index >= 15 is 0 Å². The zero-order valence-electron chi connectivity index (χ0n) is 19.7. The first kappa shape index (κ1) is 21.7. The Morgan fingerprint density at radius 1 is 1.03 bits per heavy atom. The topological polar surface area (TPSA) is 32.8 Å². The zero-order chi connectivity index (χ0) is 21.5. The average molecular weight is 413 g/mol. The van der Waals surface area contributed by atoms with Crippen molar-refractivity contribution < 1.29 is 9.53 Å². The number of anilines is 1. The van der Waals surface area contributed by atoms with Gasteiger partial charge in [-0.05, 0) is 78.5 Å². The molecule has 0 spiro atoms. The second-order valence-corrected chi connectivity index (χ2v) is 11.6. The van der Waals surface area contributed by atoms with Crippen LogP contribution < -0.4 is 4.90 Å². The summed E-state index contributed by atoms with van der Waals surface area (Å²) >= 11 is 0. The molecule has 3 aliphatic rings. The molecule has 0 radical (unpaired) electrons. The Morgan fingerprint density at radius 2 is 1.67 bits per heavy atom. The molecule has 30 heavy (non-hydrogen) atoms. The van der Waals surface area contributed by atoms with Gasteiger partial charge in [0.25, 0.3) is 0 Å². The molecule has 2 aliphatic carbocycles. The summed E-state index contributed by atoms with van der Waals surface area (Å²) < 4.78 is 5.04. The predicted octanol–water partition coefficient (Wildman–Crippen LogP) is 5.33. The van der Waals surface area contributed by atoms with Crippen LogP contribution in [0.2, 0.25) is 0 Å². The summed E-state index contributed by atoms with van der Waals surface area (Å²) in [6, 6.07) is 6.28. The number of carbonyl (C=O) groups is 1. The van der Waals surface area contributed by atoms with E-state index in [9.17, 15) is 4.79 Å².